The van der Waals surface area contributed by atoms with Crippen LogP contribution in [0.4, 0.5) is 0 Å². The van der Waals surface area contributed by atoms with Gasteiger partial charge in [-0.3, -0.25) is 9.59 Å². The van der Waals surface area contributed by atoms with Crippen LogP contribution in [0.2, 0.25) is 0 Å². The Balaban J connectivity index is 1.90. The van der Waals surface area contributed by atoms with Gasteiger partial charge in [-0.15, -0.1) is 0 Å². The molecule has 0 heterocycles. The zero-order valence-electron chi connectivity index (χ0n) is 11.6. The van der Waals surface area contributed by atoms with Crippen LogP contribution in [-0.4, -0.2) is 34.5 Å². The van der Waals surface area contributed by atoms with Crippen molar-refractivity contribution in [3.63, 3.8) is 0 Å². The van der Waals surface area contributed by atoms with E-state index in [0.717, 1.165) is 38.5 Å². The summed E-state index contributed by atoms with van der Waals surface area (Å²) < 4.78 is 0. The summed E-state index contributed by atoms with van der Waals surface area (Å²) in [6.45, 7) is 0.398. The fourth-order valence-corrected chi connectivity index (χ4v) is 3.01. The van der Waals surface area contributed by atoms with E-state index in [2.05, 4.69) is 0 Å². The molecule has 0 spiro atoms. The van der Waals surface area contributed by atoms with Gasteiger partial charge in [0.25, 0.3) is 0 Å². The molecule has 2 fully saturated rings. The summed E-state index contributed by atoms with van der Waals surface area (Å²) in [6.07, 6.45) is 10.2. The molecule has 2 rings (SSSR count). The highest BCUT2D eigenvalue weighted by Gasteiger charge is 2.35. The first kappa shape index (κ1) is 14.4. The van der Waals surface area contributed by atoms with E-state index in [0.29, 0.717) is 12.6 Å². The molecule has 1 N–H and O–H groups in total. The van der Waals surface area contributed by atoms with E-state index in [1.54, 1.807) is 0 Å². The molecule has 2 aliphatic rings. The lowest BCUT2D eigenvalue weighted by atomic mass is 9.90. The molecule has 0 aromatic carbocycles. The minimum absolute atomic E-state index is 0.0783. The SMILES string of the molecule is O=C(O)CCN(C(=O)C1CCCCCCC1)C1CC1. The number of hydrogen-bond donors (Lipinski definition) is 1. The quantitative estimate of drug-likeness (QED) is 0.833. The average Bonchev–Trinajstić information content (AvgIpc) is 3.12. The van der Waals surface area contributed by atoms with Crippen molar-refractivity contribution >= 4 is 11.9 Å². The van der Waals surface area contributed by atoms with E-state index < -0.39 is 5.97 Å². The van der Waals surface area contributed by atoms with Gasteiger partial charge in [0.2, 0.25) is 5.91 Å². The molecular weight excluding hydrogens is 242 g/mol. The number of carbonyl (C=O) groups excluding carboxylic acids is 1. The Labute approximate surface area is 115 Å². The number of nitrogens with zero attached hydrogens (tertiary/aromatic N) is 1. The second-order valence-corrected chi connectivity index (χ2v) is 5.95. The zero-order valence-corrected chi connectivity index (χ0v) is 11.6. The van der Waals surface area contributed by atoms with Gasteiger partial charge in [0, 0.05) is 18.5 Å². The molecule has 0 bridgehead atoms. The number of rotatable bonds is 5. The van der Waals surface area contributed by atoms with Gasteiger partial charge in [-0.1, -0.05) is 32.1 Å². The molecule has 0 aromatic heterocycles. The molecule has 19 heavy (non-hydrogen) atoms. The molecule has 108 valence electrons. The van der Waals surface area contributed by atoms with Gasteiger partial charge < -0.3 is 10.0 Å². The molecule has 4 nitrogen and oxygen atoms in total. The van der Waals surface area contributed by atoms with Crippen molar-refractivity contribution in [2.45, 2.75) is 70.3 Å². The van der Waals surface area contributed by atoms with Gasteiger partial charge in [-0.25, -0.2) is 0 Å². The van der Waals surface area contributed by atoms with Gasteiger partial charge in [-0.05, 0) is 25.7 Å². The number of aliphatic carboxylic acids is 1. The molecular formula is C15H25NO3. The molecule has 0 aliphatic heterocycles. The fraction of sp³-hybridized carbons (Fsp3) is 0.867. The number of hydrogen-bond acceptors (Lipinski definition) is 2. The Bertz CT molecular complexity index is 317. The topological polar surface area (TPSA) is 57.6 Å². The summed E-state index contributed by atoms with van der Waals surface area (Å²) in [6, 6.07) is 0.331. The van der Waals surface area contributed by atoms with Crippen LogP contribution in [0.25, 0.3) is 0 Å². The highest BCUT2D eigenvalue weighted by Crippen LogP contribution is 2.31. The van der Waals surface area contributed by atoms with Crippen LogP contribution in [0, 0.1) is 5.92 Å². The summed E-state index contributed by atoms with van der Waals surface area (Å²) in [7, 11) is 0. The Morgan fingerprint density at radius 1 is 0.947 bits per heavy atom. The van der Waals surface area contributed by atoms with Crippen molar-refractivity contribution in [1.82, 2.24) is 4.90 Å². The molecule has 2 aliphatic carbocycles. The zero-order chi connectivity index (χ0) is 13.7. The molecule has 0 atom stereocenters. The number of carboxylic acids is 1. The average molecular weight is 267 g/mol. The summed E-state index contributed by atoms with van der Waals surface area (Å²) in [5.41, 5.74) is 0. The Hall–Kier alpha value is -1.06. The van der Waals surface area contributed by atoms with Gasteiger partial charge in [0.05, 0.1) is 6.42 Å². The first-order valence-electron chi connectivity index (χ1n) is 7.71. The number of amides is 1. The summed E-state index contributed by atoms with van der Waals surface area (Å²) >= 11 is 0. The predicted octanol–water partition coefficient (Wildman–Crippen LogP) is 2.81. The number of carboxylic acid groups (broad SMARTS) is 1. The Morgan fingerprint density at radius 2 is 1.53 bits per heavy atom. The molecule has 2 saturated carbocycles. The lowest BCUT2D eigenvalue weighted by Crippen LogP contribution is -2.39. The van der Waals surface area contributed by atoms with Crippen LogP contribution in [0.3, 0.4) is 0 Å². The Kier molecular flexibility index (Phi) is 5.23. The summed E-state index contributed by atoms with van der Waals surface area (Å²) in [5.74, 6) is -0.434. The largest absolute Gasteiger partial charge is 0.481 e. The van der Waals surface area contributed by atoms with Crippen LogP contribution in [0.1, 0.15) is 64.2 Å². The van der Waals surface area contributed by atoms with E-state index in [4.69, 9.17) is 5.11 Å². The maximum atomic E-state index is 12.6. The fourth-order valence-electron chi connectivity index (χ4n) is 3.01. The molecule has 0 radical (unpaired) electrons. The predicted molar refractivity (Wildman–Crippen MR) is 72.8 cm³/mol. The maximum Gasteiger partial charge on any atom is 0.305 e. The highest BCUT2D eigenvalue weighted by atomic mass is 16.4. The van der Waals surface area contributed by atoms with E-state index >= 15 is 0 Å². The monoisotopic (exact) mass is 267 g/mol. The minimum atomic E-state index is -0.809. The molecule has 0 saturated heterocycles. The van der Waals surface area contributed by atoms with Crippen LogP contribution in [-0.2, 0) is 9.59 Å². The smallest absolute Gasteiger partial charge is 0.305 e. The van der Waals surface area contributed by atoms with Crippen molar-refractivity contribution in [3.05, 3.63) is 0 Å². The van der Waals surface area contributed by atoms with Crippen LogP contribution >= 0.6 is 0 Å². The first-order chi connectivity index (χ1) is 9.18. The second-order valence-electron chi connectivity index (χ2n) is 5.95. The van der Waals surface area contributed by atoms with Crippen molar-refractivity contribution in [2.75, 3.05) is 6.54 Å². The van der Waals surface area contributed by atoms with Crippen molar-refractivity contribution < 1.29 is 14.7 Å². The molecule has 4 heteroatoms. The third-order valence-electron chi connectivity index (χ3n) is 4.29. The molecule has 1 amide bonds. The van der Waals surface area contributed by atoms with Crippen LogP contribution in [0.15, 0.2) is 0 Å². The Morgan fingerprint density at radius 3 is 2.05 bits per heavy atom. The van der Waals surface area contributed by atoms with Crippen LogP contribution < -0.4 is 0 Å². The minimum Gasteiger partial charge on any atom is -0.481 e. The lowest BCUT2D eigenvalue weighted by molar-refractivity contribution is -0.140. The van der Waals surface area contributed by atoms with Crippen molar-refractivity contribution in [1.29, 1.82) is 0 Å². The van der Waals surface area contributed by atoms with Crippen molar-refractivity contribution in [2.24, 2.45) is 5.92 Å². The van der Waals surface area contributed by atoms with E-state index in [1.807, 2.05) is 4.90 Å². The lowest BCUT2D eigenvalue weighted by Gasteiger charge is -2.28. The van der Waals surface area contributed by atoms with E-state index in [-0.39, 0.29) is 18.2 Å². The van der Waals surface area contributed by atoms with Gasteiger partial charge >= 0.3 is 5.97 Å². The van der Waals surface area contributed by atoms with Gasteiger partial charge in [0.15, 0.2) is 0 Å². The van der Waals surface area contributed by atoms with E-state index in [9.17, 15) is 9.59 Å². The molecule has 0 aromatic rings. The first-order valence-corrected chi connectivity index (χ1v) is 7.71. The summed E-state index contributed by atoms with van der Waals surface area (Å²) in [5, 5.41) is 8.80. The molecule has 0 unspecified atom stereocenters. The third kappa shape index (κ3) is 4.51. The van der Waals surface area contributed by atoms with E-state index in [1.165, 1.54) is 19.3 Å². The normalized spacial score (nSPS) is 21.5. The van der Waals surface area contributed by atoms with Gasteiger partial charge in [-0.2, -0.15) is 0 Å². The van der Waals surface area contributed by atoms with Crippen molar-refractivity contribution in [3.8, 4) is 0 Å². The van der Waals surface area contributed by atoms with Crippen LogP contribution in [0.5, 0.6) is 0 Å². The third-order valence-corrected chi connectivity index (χ3v) is 4.29. The second kappa shape index (κ2) is 6.92. The standard InChI is InChI=1S/C15H25NO3/c17-14(18)10-11-16(13-8-9-13)15(19)12-6-4-2-1-3-5-7-12/h12-13H,1-11H2,(H,17,18). The highest BCUT2D eigenvalue weighted by molar-refractivity contribution is 5.80. The van der Waals surface area contributed by atoms with Gasteiger partial charge in [0.1, 0.15) is 0 Å². The number of carbonyl (C=O) groups is 2. The maximum absolute atomic E-state index is 12.6. The summed E-state index contributed by atoms with van der Waals surface area (Å²) in [4.78, 5) is 25.2.